The first-order chi connectivity index (χ1) is 14.8. The van der Waals surface area contributed by atoms with Crippen molar-refractivity contribution < 1.29 is 15.0 Å². The van der Waals surface area contributed by atoms with Crippen LogP contribution in [-0.2, 0) is 10.4 Å². The van der Waals surface area contributed by atoms with E-state index < -0.39 is 11.6 Å². The van der Waals surface area contributed by atoms with Crippen molar-refractivity contribution in [3.05, 3.63) is 53.3 Å². The molecule has 1 aliphatic carbocycles. The maximum Gasteiger partial charge on any atom is 0.306 e. The van der Waals surface area contributed by atoms with Gasteiger partial charge in [0.05, 0.1) is 16.5 Å². The Kier molecular flexibility index (Phi) is 6.02. The third kappa shape index (κ3) is 4.75. The molecule has 0 aliphatic heterocycles. The summed E-state index contributed by atoms with van der Waals surface area (Å²) in [4.78, 5) is 25.6. The number of carbonyl (C=O) groups is 1. The van der Waals surface area contributed by atoms with Crippen molar-refractivity contribution in [2.75, 3.05) is 5.32 Å². The molecule has 31 heavy (non-hydrogen) atoms. The van der Waals surface area contributed by atoms with Crippen LogP contribution < -0.4 is 5.32 Å². The van der Waals surface area contributed by atoms with E-state index in [0.717, 1.165) is 22.0 Å². The minimum atomic E-state index is -1.09. The highest BCUT2D eigenvalue weighted by Crippen LogP contribution is 2.43. The molecule has 0 bridgehead atoms. The fraction of sp³-hybridized carbons (Fsp3) is 0.391. The van der Waals surface area contributed by atoms with E-state index >= 15 is 0 Å². The van der Waals surface area contributed by atoms with Crippen molar-refractivity contribution in [3.63, 3.8) is 0 Å². The zero-order valence-corrected chi connectivity index (χ0v) is 18.4. The molecule has 0 amide bonds. The molecule has 1 unspecified atom stereocenters. The minimum absolute atomic E-state index is 0.00421. The molecule has 7 nitrogen and oxygen atoms in total. The number of aromatic nitrogens is 3. The standard InChI is InChI=1S/C23H26N4O3S/c1-14-10-11-24-20(12-14)27-19-5-3-4-17(26-19)18-13-25-22(31-18)23(2,30)16-8-6-15(7-9-16)21(28)29/h3-5,10-13,15-16,30H,6-9H2,1-2H3,(H,28,29)(H,24,26,27)/t15-,16-,23?. The van der Waals surface area contributed by atoms with E-state index in [0.29, 0.717) is 36.5 Å². The van der Waals surface area contributed by atoms with Crippen LogP contribution in [0.2, 0.25) is 0 Å². The number of rotatable bonds is 6. The van der Waals surface area contributed by atoms with Crippen LogP contribution in [0.1, 0.15) is 43.2 Å². The van der Waals surface area contributed by atoms with E-state index in [1.807, 2.05) is 37.3 Å². The van der Waals surface area contributed by atoms with E-state index in [1.165, 1.54) is 11.3 Å². The zero-order valence-electron chi connectivity index (χ0n) is 17.6. The number of carboxylic acid groups (broad SMARTS) is 1. The fourth-order valence-corrected chi connectivity index (χ4v) is 5.09. The number of hydrogen-bond donors (Lipinski definition) is 3. The van der Waals surface area contributed by atoms with Crippen molar-refractivity contribution in [2.45, 2.75) is 45.1 Å². The molecule has 0 saturated heterocycles. The lowest BCUT2D eigenvalue weighted by Crippen LogP contribution is -2.35. The summed E-state index contributed by atoms with van der Waals surface area (Å²) in [5.74, 6) is 0.366. The Morgan fingerprint density at radius 2 is 1.94 bits per heavy atom. The molecule has 3 aromatic rings. The van der Waals surface area contributed by atoms with Gasteiger partial charge in [-0.15, -0.1) is 11.3 Å². The van der Waals surface area contributed by atoms with Crippen LogP contribution in [0, 0.1) is 18.8 Å². The van der Waals surface area contributed by atoms with Crippen molar-refractivity contribution in [3.8, 4) is 10.6 Å². The second kappa shape index (κ2) is 8.72. The predicted octanol–water partition coefficient (Wildman–Crippen LogP) is 4.75. The summed E-state index contributed by atoms with van der Waals surface area (Å²) in [6, 6.07) is 9.61. The van der Waals surface area contributed by atoms with E-state index in [1.54, 1.807) is 19.3 Å². The van der Waals surface area contributed by atoms with Gasteiger partial charge in [-0.2, -0.15) is 0 Å². The Bertz CT molecular complexity index is 1070. The molecule has 3 N–H and O–H groups in total. The second-order valence-electron chi connectivity index (χ2n) is 8.32. The van der Waals surface area contributed by atoms with Gasteiger partial charge >= 0.3 is 5.97 Å². The van der Waals surface area contributed by atoms with Gasteiger partial charge in [0.1, 0.15) is 22.2 Å². The number of aliphatic hydroxyl groups is 1. The summed E-state index contributed by atoms with van der Waals surface area (Å²) >= 11 is 1.43. The molecule has 3 heterocycles. The van der Waals surface area contributed by atoms with E-state index in [4.69, 9.17) is 0 Å². The molecule has 0 aromatic carbocycles. The normalized spacial score (nSPS) is 20.7. The van der Waals surface area contributed by atoms with Crippen LogP contribution in [0.5, 0.6) is 0 Å². The number of aryl methyl sites for hydroxylation is 1. The van der Waals surface area contributed by atoms with Gasteiger partial charge in [-0.3, -0.25) is 4.79 Å². The summed E-state index contributed by atoms with van der Waals surface area (Å²) in [7, 11) is 0. The Morgan fingerprint density at radius 1 is 1.16 bits per heavy atom. The molecular formula is C23H26N4O3S. The van der Waals surface area contributed by atoms with Crippen molar-refractivity contribution >= 4 is 28.9 Å². The highest BCUT2D eigenvalue weighted by Gasteiger charge is 2.40. The SMILES string of the molecule is Cc1ccnc(Nc2cccc(-c3cnc(C(C)(O)[C@H]4CC[C@H](C(=O)O)CC4)s3)n2)c1. The lowest BCUT2D eigenvalue weighted by atomic mass is 9.74. The van der Waals surface area contributed by atoms with E-state index in [2.05, 4.69) is 20.3 Å². The molecule has 162 valence electrons. The van der Waals surface area contributed by atoms with Gasteiger partial charge in [0, 0.05) is 12.4 Å². The van der Waals surface area contributed by atoms with Crippen molar-refractivity contribution in [2.24, 2.45) is 11.8 Å². The summed E-state index contributed by atoms with van der Waals surface area (Å²) in [6.45, 7) is 3.80. The second-order valence-corrected chi connectivity index (χ2v) is 9.35. The third-order valence-electron chi connectivity index (χ3n) is 5.98. The number of hydrogen-bond acceptors (Lipinski definition) is 7. The van der Waals surface area contributed by atoms with Gasteiger partial charge in [0.25, 0.3) is 0 Å². The number of nitrogens with zero attached hydrogens (tertiary/aromatic N) is 3. The number of nitrogens with one attached hydrogen (secondary N) is 1. The lowest BCUT2D eigenvalue weighted by Gasteiger charge is -2.35. The molecule has 3 aromatic heterocycles. The Hall–Kier alpha value is -2.84. The topological polar surface area (TPSA) is 108 Å². The monoisotopic (exact) mass is 438 g/mol. The van der Waals surface area contributed by atoms with Crippen LogP contribution >= 0.6 is 11.3 Å². The maximum atomic E-state index is 11.2. The molecule has 0 radical (unpaired) electrons. The van der Waals surface area contributed by atoms with Gasteiger partial charge in [-0.1, -0.05) is 6.07 Å². The summed E-state index contributed by atoms with van der Waals surface area (Å²) in [5.41, 5.74) is 0.792. The highest BCUT2D eigenvalue weighted by molar-refractivity contribution is 7.15. The average molecular weight is 439 g/mol. The lowest BCUT2D eigenvalue weighted by molar-refractivity contribution is -0.144. The molecule has 4 rings (SSSR count). The highest BCUT2D eigenvalue weighted by atomic mass is 32.1. The molecule has 1 fully saturated rings. The predicted molar refractivity (Wildman–Crippen MR) is 120 cm³/mol. The molecule has 1 saturated carbocycles. The van der Waals surface area contributed by atoms with E-state index in [9.17, 15) is 15.0 Å². The van der Waals surface area contributed by atoms with Gasteiger partial charge in [-0.25, -0.2) is 15.0 Å². The summed E-state index contributed by atoms with van der Waals surface area (Å²) in [6.07, 6.45) is 6.05. The molecule has 0 spiro atoms. The zero-order chi connectivity index (χ0) is 22.0. The van der Waals surface area contributed by atoms with Gasteiger partial charge < -0.3 is 15.5 Å². The van der Waals surface area contributed by atoms with Crippen LogP contribution in [-0.4, -0.2) is 31.1 Å². The number of anilines is 2. The quantitative estimate of drug-likeness (QED) is 0.509. The summed E-state index contributed by atoms with van der Waals surface area (Å²) in [5, 5.41) is 24.3. The number of thiazole rings is 1. The number of carboxylic acids is 1. The first kappa shape index (κ1) is 21.4. The smallest absolute Gasteiger partial charge is 0.306 e. The van der Waals surface area contributed by atoms with Crippen LogP contribution in [0.4, 0.5) is 11.6 Å². The van der Waals surface area contributed by atoms with Crippen molar-refractivity contribution in [1.82, 2.24) is 15.0 Å². The molecular weight excluding hydrogens is 412 g/mol. The van der Waals surface area contributed by atoms with Gasteiger partial charge in [-0.05, 0) is 75.3 Å². The number of pyridine rings is 2. The largest absolute Gasteiger partial charge is 0.481 e. The molecule has 1 aliphatic rings. The van der Waals surface area contributed by atoms with E-state index in [-0.39, 0.29) is 11.8 Å². The maximum absolute atomic E-state index is 11.2. The first-order valence-corrected chi connectivity index (χ1v) is 11.2. The van der Waals surface area contributed by atoms with Gasteiger partial charge in [0.2, 0.25) is 0 Å². The van der Waals surface area contributed by atoms with Crippen LogP contribution in [0.3, 0.4) is 0 Å². The minimum Gasteiger partial charge on any atom is -0.481 e. The van der Waals surface area contributed by atoms with Gasteiger partial charge in [0.15, 0.2) is 0 Å². The third-order valence-corrected chi connectivity index (χ3v) is 7.23. The Morgan fingerprint density at radius 3 is 2.65 bits per heavy atom. The van der Waals surface area contributed by atoms with Crippen LogP contribution in [0.15, 0.2) is 42.7 Å². The van der Waals surface area contributed by atoms with Crippen molar-refractivity contribution in [1.29, 1.82) is 0 Å². The Labute approximate surface area is 185 Å². The summed E-state index contributed by atoms with van der Waals surface area (Å²) < 4.78 is 0. The Balaban J connectivity index is 1.50. The molecule has 8 heteroatoms. The fourth-order valence-electron chi connectivity index (χ4n) is 4.08. The van der Waals surface area contributed by atoms with Crippen LogP contribution in [0.25, 0.3) is 10.6 Å². The first-order valence-electron chi connectivity index (χ1n) is 10.4. The molecule has 1 atom stereocenters. The average Bonchev–Trinajstić information content (AvgIpc) is 3.25. The number of aliphatic carboxylic acids is 1.